The Morgan fingerprint density at radius 1 is 0.787 bits per heavy atom. The highest BCUT2D eigenvalue weighted by atomic mass is 32.2. The molecule has 5 aromatic rings. The number of fused-ring (bicyclic) bond motifs is 8. The normalized spacial score (nSPS) is 16.9. The van der Waals surface area contributed by atoms with Crippen LogP contribution in [-0.4, -0.2) is 20.0 Å². The van der Waals surface area contributed by atoms with Crippen molar-refractivity contribution in [1.29, 1.82) is 0 Å². The van der Waals surface area contributed by atoms with Crippen LogP contribution in [0.1, 0.15) is 56.9 Å². The number of ether oxygens (including phenoxy) is 1. The molecule has 7 nitrogen and oxygen atoms in total. The lowest BCUT2D eigenvalue weighted by atomic mass is 9.72. The largest absolute Gasteiger partial charge is 0.744 e. The van der Waals surface area contributed by atoms with Gasteiger partial charge in [0.25, 0.3) is 0 Å². The first-order chi connectivity index (χ1) is 22.0. The van der Waals surface area contributed by atoms with Gasteiger partial charge in [0, 0.05) is 68.8 Å². The molecular weight excluding hydrogens is 631 g/mol. The number of rotatable bonds is 2. The molecule has 2 aliphatic heterocycles. The molecule has 0 atom stereocenters. The Kier molecular flexibility index (Phi) is 5.80. The fourth-order valence-corrected chi connectivity index (χ4v) is 8.01. The van der Waals surface area contributed by atoms with Crippen LogP contribution in [0, 0.1) is 17.5 Å². The molecule has 0 bridgehead atoms. The summed E-state index contributed by atoms with van der Waals surface area (Å²) in [7, 11) is -3.77. The predicted octanol–water partition coefficient (Wildman–Crippen LogP) is 7.03. The van der Waals surface area contributed by atoms with Crippen LogP contribution in [0.4, 0.5) is 18.9 Å². The predicted molar refractivity (Wildman–Crippen MR) is 167 cm³/mol. The van der Waals surface area contributed by atoms with Gasteiger partial charge < -0.3 is 23.0 Å². The van der Waals surface area contributed by atoms with Gasteiger partial charge in [-0.2, -0.15) is 0 Å². The van der Waals surface area contributed by atoms with Gasteiger partial charge in [0.15, 0.2) is 11.6 Å². The van der Waals surface area contributed by atoms with Crippen LogP contribution < -0.4 is 20.1 Å². The number of benzene rings is 3. The Labute approximate surface area is 267 Å². The summed E-state index contributed by atoms with van der Waals surface area (Å²) in [5, 5.41) is 0.877. The van der Waals surface area contributed by atoms with Crippen molar-refractivity contribution in [3.05, 3.63) is 105 Å². The maximum absolute atomic E-state index is 16.1. The molecule has 240 valence electrons. The lowest BCUT2D eigenvalue weighted by Crippen LogP contribution is -2.41. The van der Waals surface area contributed by atoms with Gasteiger partial charge in [-0.15, -0.1) is 0 Å². The molecule has 0 amide bonds. The minimum atomic E-state index is -5.66. The zero-order chi connectivity index (χ0) is 33.5. The third-order valence-corrected chi connectivity index (χ3v) is 11.2. The molecule has 1 aliphatic carbocycles. The quantitative estimate of drug-likeness (QED) is 0.146. The molecule has 47 heavy (non-hydrogen) atoms. The molecule has 8 rings (SSSR count). The topological polar surface area (TPSA) is 96.0 Å². The summed E-state index contributed by atoms with van der Waals surface area (Å²) < 4.78 is 103. The highest BCUT2D eigenvalue weighted by Gasteiger charge is 2.40. The summed E-state index contributed by atoms with van der Waals surface area (Å²) in [4.78, 5) is 0.515. The summed E-state index contributed by atoms with van der Waals surface area (Å²) in [6.45, 7) is 10.1. The lowest BCUT2D eigenvalue weighted by molar-refractivity contribution is 0.442. The van der Waals surface area contributed by atoms with E-state index in [0.29, 0.717) is 28.3 Å². The number of hydrogen-bond donors (Lipinski definition) is 0. The van der Waals surface area contributed by atoms with Crippen molar-refractivity contribution in [3.8, 4) is 34.1 Å². The number of halogens is 3. The van der Waals surface area contributed by atoms with E-state index in [1.165, 1.54) is 0 Å². The van der Waals surface area contributed by atoms with Gasteiger partial charge in [0.1, 0.15) is 43.9 Å². The van der Waals surface area contributed by atoms with Gasteiger partial charge in [0.2, 0.25) is 0 Å². The summed E-state index contributed by atoms with van der Waals surface area (Å²) >= 11 is 0. The van der Waals surface area contributed by atoms with Gasteiger partial charge in [-0.1, -0.05) is 19.4 Å². The molecule has 4 heterocycles. The first-order valence-electron chi connectivity index (χ1n) is 14.8. The van der Waals surface area contributed by atoms with Crippen LogP contribution in [0.3, 0.4) is 0 Å². The third-order valence-electron chi connectivity index (χ3n) is 10.3. The van der Waals surface area contributed by atoms with E-state index in [1.807, 2.05) is 44.9 Å². The second kappa shape index (κ2) is 9.20. The molecule has 0 saturated carbocycles. The molecule has 0 unspecified atom stereocenters. The van der Waals surface area contributed by atoms with E-state index >= 15 is 13.2 Å². The molecule has 0 saturated heterocycles. The fourth-order valence-electron chi connectivity index (χ4n) is 7.28. The van der Waals surface area contributed by atoms with Crippen molar-refractivity contribution < 1.29 is 39.7 Å². The van der Waals surface area contributed by atoms with E-state index in [9.17, 15) is 13.0 Å². The SMILES string of the molecule is CC1=c2cc3c(cc2-c2occc2C1(C)C)=C(c1c(F)c(F)cc(F)c1S(=O)(=O)[O-])c1cc2c(cc1O3)N(C)C(C)(C)c1ccoc1-2. The molecule has 3 aliphatic rings. The molecule has 3 aromatic carbocycles. The van der Waals surface area contributed by atoms with Crippen LogP contribution in [0.2, 0.25) is 0 Å². The second-order valence-corrected chi connectivity index (χ2v) is 14.6. The average Bonchev–Trinajstić information content (AvgIpc) is 3.70. The Balaban J connectivity index is 1.58. The van der Waals surface area contributed by atoms with Crippen molar-refractivity contribution in [2.75, 3.05) is 11.9 Å². The van der Waals surface area contributed by atoms with E-state index in [0.717, 1.165) is 21.9 Å². The highest BCUT2D eigenvalue weighted by molar-refractivity contribution is 7.85. The van der Waals surface area contributed by atoms with Crippen molar-refractivity contribution >= 4 is 27.0 Å². The van der Waals surface area contributed by atoms with Crippen molar-refractivity contribution in [3.63, 3.8) is 0 Å². The van der Waals surface area contributed by atoms with E-state index < -0.39 is 49.0 Å². The molecule has 2 aromatic heterocycles. The monoisotopic (exact) mass is 658 g/mol. The lowest BCUT2D eigenvalue weighted by Gasteiger charge is -2.42. The van der Waals surface area contributed by atoms with Crippen molar-refractivity contribution in [1.82, 2.24) is 0 Å². The smallest absolute Gasteiger partial charge is 0.168 e. The van der Waals surface area contributed by atoms with E-state index in [1.54, 1.807) is 36.8 Å². The molecule has 0 radical (unpaired) electrons. The molecular formula is C36H27F3NO6S-. The van der Waals surface area contributed by atoms with Crippen molar-refractivity contribution in [2.24, 2.45) is 0 Å². The van der Waals surface area contributed by atoms with Crippen LogP contribution in [0.5, 0.6) is 11.5 Å². The van der Waals surface area contributed by atoms with Crippen LogP contribution in [0.25, 0.3) is 33.8 Å². The van der Waals surface area contributed by atoms with E-state index in [2.05, 4.69) is 13.8 Å². The molecule has 11 heteroatoms. The van der Waals surface area contributed by atoms with Crippen molar-refractivity contribution in [2.45, 2.75) is 50.5 Å². The summed E-state index contributed by atoms with van der Waals surface area (Å²) in [5.41, 5.74) is 2.45. The maximum Gasteiger partial charge on any atom is 0.168 e. The summed E-state index contributed by atoms with van der Waals surface area (Å²) in [5.74, 6) is -3.68. The number of nitrogens with zero attached hydrogens (tertiary/aromatic N) is 1. The number of anilines is 1. The van der Waals surface area contributed by atoms with Crippen LogP contribution in [0.15, 0.2) is 68.7 Å². The van der Waals surface area contributed by atoms with Gasteiger partial charge in [-0.3, -0.25) is 0 Å². The van der Waals surface area contributed by atoms with Gasteiger partial charge in [-0.25, -0.2) is 21.6 Å². The third kappa shape index (κ3) is 3.81. The highest BCUT2D eigenvalue weighted by Crippen LogP contribution is 2.52. The van der Waals surface area contributed by atoms with E-state index in [-0.39, 0.29) is 33.9 Å². The van der Waals surface area contributed by atoms with Gasteiger partial charge >= 0.3 is 0 Å². The second-order valence-electron chi connectivity index (χ2n) is 13.2. The molecule has 0 fully saturated rings. The zero-order valence-electron chi connectivity index (χ0n) is 26.1. The molecule has 0 spiro atoms. The van der Waals surface area contributed by atoms with Gasteiger partial charge in [0.05, 0.1) is 23.8 Å². The first kappa shape index (κ1) is 29.6. The average molecular weight is 659 g/mol. The Hall–Kier alpha value is -4.74. The summed E-state index contributed by atoms with van der Waals surface area (Å²) in [6.07, 6.45) is 3.10. The van der Waals surface area contributed by atoms with Crippen LogP contribution in [-0.2, 0) is 21.1 Å². The standard InChI is InChI=1S/C36H28F3NO6S/c1-16-17-13-27-20(11-18(17)32-22(7-9-44-32)35(16,2)3)29(30-31(39)24(37)14-25(38)34(30)47(41,42)43)21-12-19-26(15-28(21)46-27)40(6)36(4,5)23-8-10-45-33(19)23/h7-15H,1-6H3,(H,41,42,43)/p-1. The minimum Gasteiger partial charge on any atom is -0.744 e. The summed E-state index contributed by atoms with van der Waals surface area (Å²) in [6, 6.07) is 10.4. The van der Waals surface area contributed by atoms with Crippen LogP contribution >= 0.6 is 0 Å². The number of hydrogen-bond acceptors (Lipinski definition) is 7. The fraction of sp³-hybridized carbons (Fsp3) is 0.222. The first-order valence-corrected chi connectivity index (χ1v) is 16.2. The van der Waals surface area contributed by atoms with Gasteiger partial charge in [-0.05, 0) is 56.3 Å². The Morgan fingerprint density at radius 2 is 1.45 bits per heavy atom. The minimum absolute atomic E-state index is 0.0622. The maximum atomic E-state index is 16.1. The number of furan rings is 2. The van der Waals surface area contributed by atoms with E-state index in [4.69, 9.17) is 13.6 Å². The Bertz CT molecular complexity index is 2490. The molecule has 0 N–H and O–H groups in total. The zero-order valence-corrected chi connectivity index (χ0v) is 27.0. The Morgan fingerprint density at radius 3 is 2.13 bits per heavy atom.